The second-order valence-electron chi connectivity index (χ2n) is 4.87. The number of benzene rings is 1. The van der Waals surface area contributed by atoms with E-state index >= 15 is 0 Å². The summed E-state index contributed by atoms with van der Waals surface area (Å²) in [6.45, 7) is 3.11. The Kier molecular flexibility index (Phi) is 4.23. The van der Waals surface area contributed by atoms with Crippen molar-refractivity contribution in [3.63, 3.8) is 0 Å². The van der Waals surface area contributed by atoms with E-state index in [-0.39, 0.29) is 0 Å². The standard InChI is InChI=1S/C16H21N/c1-3-4-11-17-13(2)15-10-9-14-7-5-6-8-16(14)12-15/h1,9-10,12-13,17H,4-8,11H2,2H3. The predicted molar refractivity (Wildman–Crippen MR) is 73.0 cm³/mol. The zero-order chi connectivity index (χ0) is 12.1. The Balaban J connectivity index is 2.03. The zero-order valence-corrected chi connectivity index (χ0v) is 10.6. The van der Waals surface area contributed by atoms with Crippen LogP contribution in [0.3, 0.4) is 0 Å². The molecule has 0 heterocycles. The van der Waals surface area contributed by atoms with Gasteiger partial charge in [-0.25, -0.2) is 0 Å². The Morgan fingerprint density at radius 1 is 1.29 bits per heavy atom. The van der Waals surface area contributed by atoms with Gasteiger partial charge in [-0.2, -0.15) is 0 Å². The highest BCUT2D eigenvalue weighted by molar-refractivity contribution is 5.35. The van der Waals surface area contributed by atoms with Crippen molar-refractivity contribution in [2.24, 2.45) is 0 Å². The largest absolute Gasteiger partial charge is 0.309 e. The highest BCUT2D eigenvalue weighted by Crippen LogP contribution is 2.24. The Hall–Kier alpha value is -1.26. The van der Waals surface area contributed by atoms with E-state index in [1.54, 1.807) is 11.1 Å². The third kappa shape index (κ3) is 3.11. The molecule has 0 aromatic heterocycles. The van der Waals surface area contributed by atoms with Gasteiger partial charge < -0.3 is 5.32 Å². The lowest BCUT2D eigenvalue weighted by atomic mass is 9.89. The zero-order valence-electron chi connectivity index (χ0n) is 10.6. The molecule has 0 spiro atoms. The summed E-state index contributed by atoms with van der Waals surface area (Å²) in [4.78, 5) is 0. The quantitative estimate of drug-likeness (QED) is 0.615. The van der Waals surface area contributed by atoms with Crippen LogP contribution in [0, 0.1) is 12.3 Å². The van der Waals surface area contributed by atoms with Gasteiger partial charge in [0.1, 0.15) is 0 Å². The summed E-state index contributed by atoms with van der Waals surface area (Å²) in [5.74, 6) is 2.66. The van der Waals surface area contributed by atoms with Crippen LogP contribution in [0.15, 0.2) is 18.2 Å². The van der Waals surface area contributed by atoms with E-state index < -0.39 is 0 Å². The fourth-order valence-corrected chi connectivity index (χ4v) is 2.50. The van der Waals surface area contributed by atoms with Crippen molar-refractivity contribution in [2.75, 3.05) is 6.54 Å². The molecule has 1 aliphatic rings. The van der Waals surface area contributed by atoms with Gasteiger partial charge >= 0.3 is 0 Å². The number of hydrogen-bond acceptors (Lipinski definition) is 1. The van der Waals surface area contributed by atoms with Crippen LogP contribution in [0.1, 0.15) is 48.9 Å². The lowest BCUT2D eigenvalue weighted by molar-refractivity contribution is 0.581. The molecule has 0 fully saturated rings. The third-order valence-electron chi connectivity index (χ3n) is 3.59. The molecule has 90 valence electrons. The highest BCUT2D eigenvalue weighted by atomic mass is 14.9. The smallest absolute Gasteiger partial charge is 0.0292 e. The average Bonchev–Trinajstić information content (AvgIpc) is 2.38. The fraction of sp³-hybridized carbons (Fsp3) is 0.500. The molecule has 0 saturated heterocycles. The van der Waals surface area contributed by atoms with E-state index in [9.17, 15) is 0 Å². The third-order valence-corrected chi connectivity index (χ3v) is 3.59. The van der Waals surface area contributed by atoms with Crippen molar-refractivity contribution >= 4 is 0 Å². The topological polar surface area (TPSA) is 12.0 Å². The SMILES string of the molecule is C#CCCNC(C)c1ccc2c(c1)CCCC2. The maximum Gasteiger partial charge on any atom is 0.0292 e. The second-order valence-corrected chi connectivity index (χ2v) is 4.87. The first-order chi connectivity index (χ1) is 8.31. The lowest BCUT2D eigenvalue weighted by Gasteiger charge is -2.19. The fourth-order valence-electron chi connectivity index (χ4n) is 2.50. The van der Waals surface area contributed by atoms with Gasteiger partial charge in [-0.05, 0) is 49.3 Å². The average molecular weight is 227 g/mol. The van der Waals surface area contributed by atoms with Gasteiger partial charge in [0.05, 0.1) is 0 Å². The van der Waals surface area contributed by atoms with E-state index in [0.29, 0.717) is 6.04 Å². The molecule has 1 nitrogen and oxygen atoms in total. The highest BCUT2D eigenvalue weighted by Gasteiger charge is 2.11. The molecule has 17 heavy (non-hydrogen) atoms. The van der Waals surface area contributed by atoms with E-state index in [4.69, 9.17) is 6.42 Å². The Labute approximate surface area is 105 Å². The van der Waals surface area contributed by atoms with Crippen molar-refractivity contribution in [2.45, 2.75) is 45.1 Å². The minimum absolute atomic E-state index is 0.399. The van der Waals surface area contributed by atoms with E-state index in [1.165, 1.54) is 31.2 Å². The lowest BCUT2D eigenvalue weighted by Crippen LogP contribution is -2.20. The summed E-state index contributed by atoms with van der Waals surface area (Å²) in [6, 6.07) is 7.35. The summed E-state index contributed by atoms with van der Waals surface area (Å²) >= 11 is 0. The molecule has 1 atom stereocenters. The Bertz CT molecular complexity index is 414. The van der Waals surface area contributed by atoms with Gasteiger partial charge in [0, 0.05) is 19.0 Å². The Morgan fingerprint density at radius 2 is 2.06 bits per heavy atom. The molecule has 0 saturated carbocycles. The number of nitrogens with one attached hydrogen (secondary N) is 1. The van der Waals surface area contributed by atoms with Crippen LogP contribution in [-0.4, -0.2) is 6.54 Å². The monoisotopic (exact) mass is 227 g/mol. The maximum absolute atomic E-state index is 5.25. The number of hydrogen-bond donors (Lipinski definition) is 1. The molecule has 1 aromatic rings. The van der Waals surface area contributed by atoms with Crippen molar-refractivity contribution in [1.82, 2.24) is 5.32 Å². The van der Waals surface area contributed by atoms with Gasteiger partial charge in [-0.3, -0.25) is 0 Å². The predicted octanol–water partition coefficient (Wildman–Crippen LogP) is 3.24. The van der Waals surface area contributed by atoms with E-state index in [1.807, 2.05) is 0 Å². The molecule has 0 radical (unpaired) electrons. The summed E-state index contributed by atoms with van der Waals surface area (Å²) in [5, 5.41) is 3.46. The minimum Gasteiger partial charge on any atom is -0.309 e. The maximum atomic E-state index is 5.25. The van der Waals surface area contributed by atoms with Crippen LogP contribution in [0.25, 0.3) is 0 Å². The molecular formula is C16H21N. The van der Waals surface area contributed by atoms with Crippen LogP contribution in [0.2, 0.25) is 0 Å². The first kappa shape index (κ1) is 12.2. The number of fused-ring (bicyclic) bond motifs is 1. The molecule has 1 N–H and O–H groups in total. The molecule has 1 aromatic carbocycles. The van der Waals surface area contributed by atoms with Gasteiger partial charge in [0.15, 0.2) is 0 Å². The van der Waals surface area contributed by atoms with Gasteiger partial charge in [-0.1, -0.05) is 18.2 Å². The van der Waals surface area contributed by atoms with E-state index in [2.05, 4.69) is 36.4 Å². The minimum atomic E-state index is 0.399. The first-order valence-electron chi connectivity index (χ1n) is 6.60. The van der Waals surface area contributed by atoms with E-state index in [0.717, 1.165) is 13.0 Å². The molecule has 0 amide bonds. The van der Waals surface area contributed by atoms with Crippen LogP contribution in [0.4, 0.5) is 0 Å². The van der Waals surface area contributed by atoms with Crippen molar-refractivity contribution in [1.29, 1.82) is 0 Å². The van der Waals surface area contributed by atoms with Crippen LogP contribution in [-0.2, 0) is 12.8 Å². The van der Waals surface area contributed by atoms with Gasteiger partial charge in [-0.15, -0.1) is 12.3 Å². The van der Waals surface area contributed by atoms with Crippen molar-refractivity contribution in [3.05, 3.63) is 34.9 Å². The molecule has 2 rings (SSSR count). The number of terminal acetylenes is 1. The van der Waals surface area contributed by atoms with Crippen LogP contribution < -0.4 is 5.32 Å². The number of aryl methyl sites for hydroxylation is 2. The summed E-state index contributed by atoms with van der Waals surface area (Å²) in [7, 11) is 0. The normalized spacial score (nSPS) is 16.0. The summed E-state index contributed by atoms with van der Waals surface area (Å²) in [6.07, 6.45) is 11.3. The van der Waals surface area contributed by atoms with Crippen molar-refractivity contribution in [3.8, 4) is 12.3 Å². The van der Waals surface area contributed by atoms with Crippen molar-refractivity contribution < 1.29 is 0 Å². The number of rotatable bonds is 4. The second kappa shape index (κ2) is 5.89. The molecular weight excluding hydrogens is 206 g/mol. The van der Waals surface area contributed by atoms with Crippen LogP contribution >= 0.6 is 0 Å². The summed E-state index contributed by atoms with van der Waals surface area (Å²) in [5.41, 5.74) is 4.50. The summed E-state index contributed by atoms with van der Waals surface area (Å²) < 4.78 is 0. The molecule has 1 unspecified atom stereocenters. The molecule has 0 aliphatic heterocycles. The van der Waals surface area contributed by atoms with Gasteiger partial charge in [0.2, 0.25) is 0 Å². The Morgan fingerprint density at radius 3 is 2.82 bits per heavy atom. The van der Waals surface area contributed by atoms with Gasteiger partial charge in [0.25, 0.3) is 0 Å². The van der Waals surface area contributed by atoms with Crippen LogP contribution in [0.5, 0.6) is 0 Å². The molecule has 0 bridgehead atoms. The first-order valence-corrected chi connectivity index (χ1v) is 6.60. The molecule has 1 heteroatoms. The molecule has 1 aliphatic carbocycles.